The van der Waals surface area contributed by atoms with Crippen molar-refractivity contribution < 1.29 is 0 Å². The summed E-state index contributed by atoms with van der Waals surface area (Å²) in [4.78, 5) is 18.1. The number of nitrogens with one attached hydrogen (secondary N) is 1. The molecule has 0 bridgehead atoms. The van der Waals surface area contributed by atoms with Gasteiger partial charge in [-0.15, -0.1) is 0 Å². The lowest BCUT2D eigenvalue weighted by Gasteiger charge is -1.97. The summed E-state index contributed by atoms with van der Waals surface area (Å²) in [6, 6.07) is 7.43. The standard InChI is InChI=1S/C12H9N3O/c13-6-2-1-3-9-4-5-11-10(7-9)12(16)15-8-14-11/h1,3-5,7-8H,2H2,(H,14,15,16). The maximum atomic E-state index is 11.5. The van der Waals surface area contributed by atoms with Gasteiger partial charge in [-0.3, -0.25) is 4.79 Å². The zero-order valence-electron chi connectivity index (χ0n) is 8.47. The molecule has 78 valence electrons. The zero-order chi connectivity index (χ0) is 11.4. The Labute approximate surface area is 91.9 Å². The van der Waals surface area contributed by atoms with Gasteiger partial charge < -0.3 is 4.98 Å². The molecule has 4 heteroatoms. The van der Waals surface area contributed by atoms with Gasteiger partial charge in [0.15, 0.2) is 0 Å². The third kappa shape index (κ3) is 1.98. The summed E-state index contributed by atoms with van der Waals surface area (Å²) in [5.74, 6) is 0. The van der Waals surface area contributed by atoms with Gasteiger partial charge in [0.2, 0.25) is 0 Å². The van der Waals surface area contributed by atoms with Crippen molar-refractivity contribution in [1.82, 2.24) is 9.97 Å². The fourth-order valence-corrected chi connectivity index (χ4v) is 1.44. The third-order valence-corrected chi connectivity index (χ3v) is 2.18. The molecule has 4 nitrogen and oxygen atoms in total. The van der Waals surface area contributed by atoms with Gasteiger partial charge >= 0.3 is 0 Å². The van der Waals surface area contributed by atoms with Crippen LogP contribution in [0, 0.1) is 11.3 Å². The maximum Gasteiger partial charge on any atom is 0.258 e. The van der Waals surface area contributed by atoms with Crippen molar-refractivity contribution >= 4 is 17.0 Å². The number of aromatic nitrogens is 2. The molecule has 1 heterocycles. The lowest BCUT2D eigenvalue weighted by atomic mass is 10.1. The van der Waals surface area contributed by atoms with E-state index in [9.17, 15) is 4.79 Å². The van der Waals surface area contributed by atoms with E-state index in [2.05, 4.69) is 9.97 Å². The maximum absolute atomic E-state index is 11.5. The first-order valence-electron chi connectivity index (χ1n) is 4.82. The van der Waals surface area contributed by atoms with E-state index in [1.165, 1.54) is 6.33 Å². The monoisotopic (exact) mass is 211 g/mol. The molecule has 0 atom stereocenters. The highest BCUT2D eigenvalue weighted by Crippen LogP contribution is 2.10. The number of allylic oxidation sites excluding steroid dienone is 1. The highest BCUT2D eigenvalue weighted by molar-refractivity contribution is 5.80. The van der Waals surface area contributed by atoms with E-state index in [4.69, 9.17) is 5.26 Å². The Hall–Kier alpha value is -2.41. The minimum absolute atomic E-state index is 0.152. The van der Waals surface area contributed by atoms with Gasteiger partial charge in [-0.1, -0.05) is 18.2 Å². The largest absolute Gasteiger partial charge is 0.313 e. The van der Waals surface area contributed by atoms with Crippen molar-refractivity contribution in [2.75, 3.05) is 0 Å². The highest BCUT2D eigenvalue weighted by atomic mass is 16.1. The molecule has 0 unspecified atom stereocenters. The summed E-state index contributed by atoms with van der Waals surface area (Å²) >= 11 is 0. The Morgan fingerprint density at radius 2 is 2.38 bits per heavy atom. The number of fused-ring (bicyclic) bond motifs is 1. The van der Waals surface area contributed by atoms with Crippen molar-refractivity contribution in [1.29, 1.82) is 5.26 Å². The van der Waals surface area contributed by atoms with Crippen LogP contribution in [0.15, 0.2) is 35.4 Å². The number of nitrogens with zero attached hydrogens (tertiary/aromatic N) is 2. The third-order valence-electron chi connectivity index (χ3n) is 2.18. The van der Waals surface area contributed by atoms with Crippen LogP contribution in [0.3, 0.4) is 0 Å². The Kier molecular flexibility index (Phi) is 2.79. The number of hydrogen-bond donors (Lipinski definition) is 1. The zero-order valence-corrected chi connectivity index (χ0v) is 8.47. The normalized spacial score (nSPS) is 10.7. The SMILES string of the molecule is N#CCC=Cc1ccc2nc[nH]c(=O)c2c1. The summed E-state index contributed by atoms with van der Waals surface area (Å²) in [5.41, 5.74) is 1.41. The smallest absolute Gasteiger partial charge is 0.258 e. The van der Waals surface area contributed by atoms with E-state index < -0.39 is 0 Å². The van der Waals surface area contributed by atoms with Gasteiger partial charge in [0.1, 0.15) is 0 Å². The minimum atomic E-state index is -0.152. The Balaban J connectivity index is 2.48. The molecule has 1 N–H and O–H groups in total. The summed E-state index contributed by atoms with van der Waals surface area (Å²) in [6.07, 6.45) is 5.32. The molecule has 0 saturated carbocycles. The van der Waals surface area contributed by atoms with Crippen molar-refractivity contribution in [3.05, 3.63) is 46.5 Å². The predicted octanol–water partition coefficient (Wildman–Crippen LogP) is 1.85. The summed E-state index contributed by atoms with van der Waals surface area (Å²) in [6.45, 7) is 0. The van der Waals surface area contributed by atoms with Gasteiger partial charge in [-0.2, -0.15) is 5.26 Å². The van der Waals surface area contributed by atoms with E-state index in [1.807, 2.05) is 18.2 Å². The highest BCUT2D eigenvalue weighted by Gasteiger charge is 1.98. The van der Waals surface area contributed by atoms with Gasteiger partial charge in [-0.05, 0) is 17.7 Å². The second-order valence-corrected chi connectivity index (χ2v) is 3.27. The Bertz CT molecular complexity index is 634. The van der Waals surface area contributed by atoms with E-state index >= 15 is 0 Å². The molecule has 16 heavy (non-hydrogen) atoms. The lowest BCUT2D eigenvalue weighted by molar-refractivity contribution is 1.17. The van der Waals surface area contributed by atoms with Gasteiger partial charge in [0.25, 0.3) is 5.56 Å². The van der Waals surface area contributed by atoms with Crippen LogP contribution in [-0.2, 0) is 0 Å². The molecular weight excluding hydrogens is 202 g/mol. The van der Waals surface area contributed by atoms with Crippen LogP contribution in [0.2, 0.25) is 0 Å². The fourth-order valence-electron chi connectivity index (χ4n) is 1.44. The second kappa shape index (κ2) is 4.41. The topological polar surface area (TPSA) is 69.5 Å². The lowest BCUT2D eigenvalue weighted by Crippen LogP contribution is -2.05. The molecule has 1 aromatic heterocycles. The molecule has 0 aliphatic carbocycles. The molecule has 2 aromatic rings. The molecule has 2 rings (SSSR count). The van der Waals surface area contributed by atoms with Crippen molar-refractivity contribution in [3.8, 4) is 6.07 Å². The van der Waals surface area contributed by atoms with E-state index in [-0.39, 0.29) is 5.56 Å². The number of H-pyrrole nitrogens is 1. The van der Waals surface area contributed by atoms with Crippen LogP contribution >= 0.6 is 0 Å². The molecule has 0 radical (unpaired) electrons. The molecule has 0 fully saturated rings. The Morgan fingerprint density at radius 3 is 3.19 bits per heavy atom. The van der Waals surface area contributed by atoms with Gasteiger partial charge in [0, 0.05) is 0 Å². The van der Waals surface area contributed by atoms with E-state index in [0.29, 0.717) is 17.3 Å². The summed E-state index contributed by atoms with van der Waals surface area (Å²) in [5, 5.41) is 8.95. The van der Waals surface area contributed by atoms with E-state index in [1.54, 1.807) is 18.2 Å². The van der Waals surface area contributed by atoms with Crippen LogP contribution in [0.1, 0.15) is 12.0 Å². The number of hydrogen-bond acceptors (Lipinski definition) is 3. The first-order chi connectivity index (χ1) is 7.81. The quantitative estimate of drug-likeness (QED) is 0.824. The molecule has 0 aliphatic rings. The molecule has 0 saturated heterocycles. The van der Waals surface area contributed by atoms with Crippen LogP contribution in [0.4, 0.5) is 0 Å². The molecular formula is C12H9N3O. The number of rotatable bonds is 2. The second-order valence-electron chi connectivity index (χ2n) is 3.27. The molecule has 1 aromatic carbocycles. The van der Waals surface area contributed by atoms with Gasteiger partial charge in [-0.25, -0.2) is 4.98 Å². The van der Waals surface area contributed by atoms with Crippen LogP contribution < -0.4 is 5.56 Å². The van der Waals surface area contributed by atoms with Crippen LogP contribution in [0.5, 0.6) is 0 Å². The first-order valence-corrected chi connectivity index (χ1v) is 4.82. The summed E-state index contributed by atoms with van der Waals surface area (Å²) < 4.78 is 0. The van der Waals surface area contributed by atoms with Crippen molar-refractivity contribution in [2.45, 2.75) is 6.42 Å². The van der Waals surface area contributed by atoms with Crippen LogP contribution in [0.25, 0.3) is 17.0 Å². The van der Waals surface area contributed by atoms with Crippen molar-refractivity contribution in [2.24, 2.45) is 0 Å². The average molecular weight is 211 g/mol. The Morgan fingerprint density at radius 1 is 1.50 bits per heavy atom. The average Bonchev–Trinajstić information content (AvgIpc) is 2.30. The predicted molar refractivity (Wildman–Crippen MR) is 61.6 cm³/mol. The fraction of sp³-hybridized carbons (Fsp3) is 0.0833. The number of benzene rings is 1. The van der Waals surface area contributed by atoms with Gasteiger partial charge in [0.05, 0.1) is 29.7 Å². The van der Waals surface area contributed by atoms with E-state index in [0.717, 1.165) is 5.56 Å². The van der Waals surface area contributed by atoms with Crippen molar-refractivity contribution in [3.63, 3.8) is 0 Å². The molecule has 0 spiro atoms. The minimum Gasteiger partial charge on any atom is -0.313 e. The molecule has 0 aliphatic heterocycles. The summed E-state index contributed by atoms with van der Waals surface area (Å²) in [7, 11) is 0. The van der Waals surface area contributed by atoms with Crippen LogP contribution in [-0.4, -0.2) is 9.97 Å². The number of nitriles is 1. The first kappa shape index (κ1) is 10.1. The molecule has 0 amide bonds. The number of aromatic amines is 1.